The number of hydrogen-bond donors (Lipinski definition) is 1. The normalized spacial score (nSPS) is 13.3. The van der Waals surface area contributed by atoms with Crippen molar-refractivity contribution in [3.63, 3.8) is 0 Å². The molecular weight excluding hydrogens is 353 g/mol. The molecule has 144 valence electrons. The van der Waals surface area contributed by atoms with E-state index in [1.54, 1.807) is 30.6 Å². The van der Waals surface area contributed by atoms with Gasteiger partial charge in [0.25, 0.3) is 0 Å². The van der Waals surface area contributed by atoms with Crippen molar-refractivity contribution < 1.29 is 17.9 Å². The van der Waals surface area contributed by atoms with E-state index in [1.165, 1.54) is 6.07 Å². The van der Waals surface area contributed by atoms with Crippen LogP contribution in [-0.2, 0) is 6.18 Å². The highest BCUT2D eigenvalue weighted by molar-refractivity contribution is 5.91. The van der Waals surface area contributed by atoms with E-state index in [2.05, 4.69) is 23.8 Å². The quantitative estimate of drug-likeness (QED) is 0.547. The number of nitrogens with one attached hydrogen (secondary N) is 1. The lowest BCUT2D eigenvalue weighted by Gasteiger charge is -2.19. The van der Waals surface area contributed by atoms with Gasteiger partial charge in [0, 0.05) is 18.0 Å². The van der Waals surface area contributed by atoms with Crippen LogP contribution in [0.5, 0.6) is 5.75 Å². The van der Waals surface area contributed by atoms with Crippen LogP contribution in [0.4, 0.5) is 13.2 Å². The lowest BCUT2D eigenvalue weighted by Crippen LogP contribution is -2.14. The van der Waals surface area contributed by atoms with E-state index in [0.29, 0.717) is 28.1 Å². The summed E-state index contributed by atoms with van der Waals surface area (Å²) in [5.74, 6) is 0.533. The van der Waals surface area contributed by atoms with Gasteiger partial charge >= 0.3 is 6.18 Å². The van der Waals surface area contributed by atoms with Crippen molar-refractivity contribution >= 4 is 11.0 Å². The maximum Gasteiger partial charge on any atom is 0.419 e. The number of nitrogens with zero attached hydrogens (tertiary/aromatic N) is 1. The lowest BCUT2D eigenvalue weighted by molar-refractivity contribution is -0.139. The number of aromatic nitrogens is 2. The SMILES string of the molecule is CC(C)C[C@@H](C)COc1ccc(-c2ccnc3cc[nH]c23)cc1C(F)(F)F. The molecule has 0 spiro atoms. The van der Waals surface area contributed by atoms with Crippen LogP contribution in [0.15, 0.2) is 42.7 Å². The number of fused-ring (bicyclic) bond motifs is 1. The Morgan fingerprint density at radius 1 is 1.11 bits per heavy atom. The number of H-pyrrole nitrogens is 1. The second-order valence-corrected chi connectivity index (χ2v) is 7.35. The fourth-order valence-corrected chi connectivity index (χ4v) is 3.35. The maximum atomic E-state index is 13.6. The minimum Gasteiger partial charge on any atom is -0.493 e. The third-order valence-electron chi connectivity index (χ3n) is 4.44. The molecule has 0 saturated heterocycles. The summed E-state index contributed by atoms with van der Waals surface area (Å²) in [5.41, 5.74) is 1.82. The molecule has 6 heteroatoms. The van der Waals surface area contributed by atoms with Gasteiger partial charge in [0.05, 0.1) is 23.2 Å². The van der Waals surface area contributed by atoms with Gasteiger partial charge in [-0.15, -0.1) is 0 Å². The molecule has 0 aliphatic carbocycles. The summed E-state index contributed by atoms with van der Waals surface area (Å²) in [6, 6.07) is 7.72. The first-order chi connectivity index (χ1) is 12.8. The predicted molar refractivity (Wildman–Crippen MR) is 101 cm³/mol. The molecule has 2 aromatic heterocycles. The molecule has 0 fully saturated rings. The standard InChI is InChI=1S/C21H23F3N2O/c1-13(2)10-14(3)12-27-19-5-4-15(11-17(19)21(22,23)24)16-6-8-25-18-7-9-26-20(16)18/h4-9,11,13-14,26H,10,12H2,1-3H3/t14-/m1/s1. The molecule has 3 rings (SSSR count). The first-order valence-corrected chi connectivity index (χ1v) is 9.02. The van der Waals surface area contributed by atoms with E-state index in [-0.39, 0.29) is 18.3 Å². The van der Waals surface area contributed by atoms with Crippen LogP contribution in [0.25, 0.3) is 22.2 Å². The molecule has 27 heavy (non-hydrogen) atoms. The Hall–Kier alpha value is -2.50. The Morgan fingerprint density at radius 3 is 2.59 bits per heavy atom. The van der Waals surface area contributed by atoms with Gasteiger partial charge in [-0.25, -0.2) is 0 Å². The van der Waals surface area contributed by atoms with Crippen LogP contribution in [0, 0.1) is 11.8 Å². The van der Waals surface area contributed by atoms with Crippen LogP contribution < -0.4 is 4.74 Å². The summed E-state index contributed by atoms with van der Waals surface area (Å²) < 4.78 is 46.4. The molecule has 0 saturated carbocycles. The summed E-state index contributed by atoms with van der Waals surface area (Å²) in [5, 5.41) is 0. The van der Waals surface area contributed by atoms with Gasteiger partial charge < -0.3 is 9.72 Å². The molecule has 0 aliphatic rings. The average Bonchev–Trinajstić information content (AvgIpc) is 3.07. The first kappa shape index (κ1) is 19.3. The number of hydrogen-bond acceptors (Lipinski definition) is 2. The summed E-state index contributed by atoms with van der Waals surface area (Å²) >= 11 is 0. The van der Waals surface area contributed by atoms with Gasteiger partial charge in [0.1, 0.15) is 5.75 Å². The molecule has 1 N–H and O–H groups in total. The van der Waals surface area contributed by atoms with Gasteiger partial charge in [-0.3, -0.25) is 4.98 Å². The van der Waals surface area contributed by atoms with E-state index < -0.39 is 11.7 Å². The highest BCUT2D eigenvalue weighted by Crippen LogP contribution is 2.40. The fraction of sp³-hybridized carbons (Fsp3) is 0.381. The molecule has 0 radical (unpaired) electrons. The molecule has 3 aromatic rings. The van der Waals surface area contributed by atoms with Crippen molar-refractivity contribution in [1.82, 2.24) is 9.97 Å². The van der Waals surface area contributed by atoms with Gasteiger partial charge in [0.15, 0.2) is 0 Å². The molecular formula is C21H23F3N2O. The third kappa shape index (κ3) is 4.43. The number of pyridine rings is 1. The molecule has 0 unspecified atom stereocenters. The van der Waals surface area contributed by atoms with Gasteiger partial charge in [-0.05, 0) is 48.1 Å². The smallest absolute Gasteiger partial charge is 0.419 e. The summed E-state index contributed by atoms with van der Waals surface area (Å²) in [6.45, 7) is 6.42. The average molecular weight is 376 g/mol. The number of rotatable bonds is 6. The van der Waals surface area contributed by atoms with Crippen molar-refractivity contribution in [3.8, 4) is 16.9 Å². The Balaban J connectivity index is 1.94. The summed E-state index contributed by atoms with van der Waals surface area (Å²) in [7, 11) is 0. The highest BCUT2D eigenvalue weighted by Gasteiger charge is 2.35. The largest absolute Gasteiger partial charge is 0.493 e. The van der Waals surface area contributed by atoms with Crippen molar-refractivity contribution in [2.75, 3.05) is 6.61 Å². The van der Waals surface area contributed by atoms with E-state index in [0.717, 1.165) is 12.5 Å². The topological polar surface area (TPSA) is 37.9 Å². The predicted octanol–water partition coefficient (Wildman–Crippen LogP) is 6.31. The van der Waals surface area contributed by atoms with E-state index in [9.17, 15) is 13.2 Å². The van der Waals surface area contributed by atoms with Crippen molar-refractivity contribution in [2.45, 2.75) is 33.4 Å². The van der Waals surface area contributed by atoms with Crippen LogP contribution in [0.1, 0.15) is 32.8 Å². The van der Waals surface area contributed by atoms with Crippen LogP contribution in [0.2, 0.25) is 0 Å². The Morgan fingerprint density at radius 2 is 1.89 bits per heavy atom. The summed E-state index contributed by atoms with van der Waals surface area (Å²) in [4.78, 5) is 7.25. The van der Waals surface area contributed by atoms with E-state index in [4.69, 9.17) is 4.74 Å². The number of ether oxygens (including phenoxy) is 1. The first-order valence-electron chi connectivity index (χ1n) is 9.02. The zero-order chi connectivity index (χ0) is 19.6. The van der Waals surface area contributed by atoms with Crippen molar-refractivity contribution in [2.24, 2.45) is 11.8 Å². The molecule has 2 heterocycles. The van der Waals surface area contributed by atoms with E-state index >= 15 is 0 Å². The zero-order valence-electron chi connectivity index (χ0n) is 15.6. The molecule has 1 aromatic carbocycles. The highest BCUT2D eigenvalue weighted by atomic mass is 19.4. The molecule has 0 aliphatic heterocycles. The number of halogens is 3. The van der Waals surface area contributed by atoms with Gasteiger partial charge in [0.2, 0.25) is 0 Å². The Labute approximate surface area is 156 Å². The Kier molecular flexibility index (Phi) is 5.44. The van der Waals surface area contributed by atoms with Crippen LogP contribution in [0.3, 0.4) is 0 Å². The minimum atomic E-state index is -4.49. The maximum absolute atomic E-state index is 13.6. The molecule has 3 nitrogen and oxygen atoms in total. The molecule has 1 atom stereocenters. The molecule has 0 bridgehead atoms. The second-order valence-electron chi connectivity index (χ2n) is 7.35. The van der Waals surface area contributed by atoms with Crippen LogP contribution in [-0.4, -0.2) is 16.6 Å². The van der Waals surface area contributed by atoms with Crippen molar-refractivity contribution in [3.05, 3.63) is 48.3 Å². The van der Waals surface area contributed by atoms with Crippen LogP contribution >= 0.6 is 0 Å². The molecule has 0 amide bonds. The fourth-order valence-electron chi connectivity index (χ4n) is 3.35. The van der Waals surface area contributed by atoms with E-state index in [1.807, 2.05) is 6.92 Å². The van der Waals surface area contributed by atoms with Gasteiger partial charge in [-0.2, -0.15) is 13.2 Å². The third-order valence-corrected chi connectivity index (χ3v) is 4.44. The number of aromatic amines is 1. The second kappa shape index (κ2) is 7.62. The minimum absolute atomic E-state index is 0.126. The number of alkyl halides is 3. The van der Waals surface area contributed by atoms with Crippen molar-refractivity contribution in [1.29, 1.82) is 0 Å². The van der Waals surface area contributed by atoms with Gasteiger partial charge in [-0.1, -0.05) is 26.8 Å². The summed E-state index contributed by atoms with van der Waals surface area (Å²) in [6.07, 6.45) is -0.272. The Bertz CT molecular complexity index is 915. The number of benzene rings is 1. The lowest BCUT2D eigenvalue weighted by atomic mass is 9.99. The monoisotopic (exact) mass is 376 g/mol. The zero-order valence-corrected chi connectivity index (χ0v) is 15.6.